The monoisotopic (exact) mass is 445 g/mol. The second kappa shape index (κ2) is 8.08. The summed E-state index contributed by atoms with van der Waals surface area (Å²) < 4.78 is 79.2. The van der Waals surface area contributed by atoms with E-state index in [0.29, 0.717) is 5.56 Å². The van der Waals surface area contributed by atoms with E-state index < -0.39 is 35.6 Å². The third-order valence-corrected chi connectivity index (χ3v) is 4.46. The standard InChI is InChI=1S/C19H17F6N5O/c1-11-6-16(19(23,24)25)28-30(11)12(2)17(31)27-15-8-26-29(10-15)9-13-4-3-5-14(7-13)18(20,21)22/h3-8,10,12H,9H2,1-2H3,(H,27,31). The molecular weight excluding hydrogens is 428 g/mol. The first-order valence-electron chi connectivity index (χ1n) is 8.97. The Kier molecular flexibility index (Phi) is 5.83. The molecule has 3 rings (SSSR count). The fraction of sp³-hybridized carbons (Fsp3) is 0.316. The van der Waals surface area contributed by atoms with Crippen LogP contribution in [0.15, 0.2) is 42.7 Å². The van der Waals surface area contributed by atoms with E-state index in [9.17, 15) is 31.1 Å². The summed E-state index contributed by atoms with van der Waals surface area (Å²) in [5, 5.41) is 9.96. The number of nitrogens with zero attached hydrogens (tertiary/aromatic N) is 4. The molecule has 0 saturated heterocycles. The topological polar surface area (TPSA) is 64.7 Å². The molecule has 12 heteroatoms. The number of anilines is 1. The number of benzene rings is 1. The summed E-state index contributed by atoms with van der Waals surface area (Å²) in [7, 11) is 0. The molecule has 6 nitrogen and oxygen atoms in total. The fourth-order valence-electron chi connectivity index (χ4n) is 2.92. The summed E-state index contributed by atoms with van der Waals surface area (Å²) in [6.07, 6.45) is -6.40. The van der Waals surface area contributed by atoms with Gasteiger partial charge in [0.2, 0.25) is 5.91 Å². The van der Waals surface area contributed by atoms with Crippen molar-refractivity contribution in [1.29, 1.82) is 0 Å². The number of hydrogen-bond acceptors (Lipinski definition) is 3. The van der Waals surface area contributed by atoms with Crippen molar-refractivity contribution < 1.29 is 31.1 Å². The van der Waals surface area contributed by atoms with Crippen LogP contribution in [0.4, 0.5) is 32.0 Å². The zero-order valence-corrected chi connectivity index (χ0v) is 16.3. The molecule has 0 saturated carbocycles. The van der Waals surface area contributed by atoms with Crippen LogP contribution in [-0.2, 0) is 23.7 Å². The lowest BCUT2D eigenvalue weighted by molar-refractivity contribution is -0.142. The van der Waals surface area contributed by atoms with Gasteiger partial charge in [0.25, 0.3) is 0 Å². The van der Waals surface area contributed by atoms with Crippen LogP contribution in [0.1, 0.15) is 35.5 Å². The molecule has 1 atom stereocenters. The molecule has 2 heterocycles. The van der Waals surface area contributed by atoms with Crippen LogP contribution < -0.4 is 5.32 Å². The van der Waals surface area contributed by atoms with Gasteiger partial charge >= 0.3 is 12.4 Å². The molecule has 0 fully saturated rings. The maximum Gasteiger partial charge on any atom is 0.435 e. The van der Waals surface area contributed by atoms with Crippen LogP contribution in [0.2, 0.25) is 0 Å². The number of carbonyl (C=O) groups excluding carboxylic acids is 1. The van der Waals surface area contributed by atoms with Crippen molar-refractivity contribution >= 4 is 11.6 Å². The molecule has 0 aliphatic heterocycles. The maximum atomic E-state index is 12.8. The number of halogens is 6. The Bertz CT molecular complexity index is 1080. The molecule has 31 heavy (non-hydrogen) atoms. The molecular formula is C19H17F6N5O. The summed E-state index contributed by atoms with van der Waals surface area (Å²) in [6, 6.07) is 4.56. The number of rotatable bonds is 5. The van der Waals surface area contributed by atoms with Crippen molar-refractivity contribution in [3.8, 4) is 0 Å². The first-order chi connectivity index (χ1) is 14.3. The second-order valence-corrected chi connectivity index (χ2v) is 6.90. The molecule has 0 bridgehead atoms. The van der Waals surface area contributed by atoms with E-state index >= 15 is 0 Å². The second-order valence-electron chi connectivity index (χ2n) is 6.90. The molecule has 0 radical (unpaired) electrons. The third kappa shape index (κ3) is 5.25. The van der Waals surface area contributed by atoms with Crippen molar-refractivity contribution in [1.82, 2.24) is 19.6 Å². The minimum atomic E-state index is -4.63. The molecule has 166 valence electrons. The highest BCUT2D eigenvalue weighted by Gasteiger charge is 2.35. The Balaban J connectivity index is 1.68. The van der Waals surface area contributed by atoms with Gasteiger partial charge in [0.1, 0.15) is 6.04 Å². The van der Waals surface area contributed by atoms with E-state index in [4.69, 9.17) is 0 Å². The van der Waals surface area contributed by atoms with Crippen LogP contribution in [0, 0.1) is 6.92 Å². The Labute approximate surface area is 172 Å². The maximum absolute atomic E-state index is 12.8. The number of nitrogens with one attached hydrogen (secondary N) is 1. The van der Waals surface area contributed by atoms with Crippen LogP contribution in [-0.4, -0.2) is 25.5 Å². The summed E-state index contributed by atoms with van der Waals surface area (Å²) in [5.74, 6) is -0.626. The van der Waals surface area contributed by atoms with Gasteiger partial charge in [-0.05, 0) is 37.6 Å². The SMILES string of the molecule is Cc1cc(C(F)(F)F)nn1C(C)C(=O)Nc1cnn(Cc2cccc(C(F)(F)F)c2)c1. The van der Waals surface area contributed by atoms with Gasteiger partial charge in [0.05, 0.1) is 24.0 Å². The number of aromatic nitrogens is 4. The zero-order chi connectivity index (χ0) is 23.0. The fourth-order valence-corrected chi connectivity index (χ4v) is 2.92. The van der Waals surface area contributed by atoms with Gasteiger partial charge in [-0.2, -0.15) is 36.5 Å². The van der Waals surface area contributed by atoms with Gasteiger partial charge in [0, 0.05) is 11.9 Å². The molecule has 1 amide bonds. The third-order valence-electron chi connectivity index (χ3n) is 4.46. The first kappa shape index (κ1) is 22.4. The molecule has 1 aromatic carbocycles. The van der Waals surface area contributed by atoms with E-state index in [1.165, 1.54) is 43.1 Å². The predicted molar refractivity (Wildman–Crippen MR) is 98.1 cm³/mol. The number of carbonyl (C=O) groups is 1. The van der Waals surface area contributed by atoms with Gasteiger partial charge in [-0.1, -0.05) is 12.1 Å². The summed E-state index contributed by atoms with van der Waals surface area (Å²) in [6.45, 7) is 2.82. The highest BCUT2D eigenvalue weighted by molar-refractivity contribution is 5.93. The van der Waals surface area contributed by atoms with Gasteiger partial charge < -0.3 is 5.32 Å². The number of amides is 1. The van der Waals surface area contributed by atoms with E-state index in [1.54, 1.807) is 0 Å². The Morgan fingerprint density at radius 2 is 1.84 bits per heavy atom. The van der Waals surface area contributed by atoms with Gasteiger partial charge in [0.15, 0.2) is 5.69 Å². The van der Waals surface area contributed by atoms with Crippen LogP contribution in [0.25, 0.3) is 0 Å². The molecule has 1 unspecified atom stereocenters. The smallest absolute Gasteiger partial charge is 0.322 e. The van der Waals surface area contributed by atoms with Gasteiger partial charge in [-0.15, -0.1) is 0 Å². The highest BCUT2D eigenvalue weighted by atomic mass is 19.4. The van der Waals surface area contributed by atoms with Crippen molar-refractivity contribution in [2.75, 3.05) is 5.32 Å². The Hall–Kier alpha value is -3.31. The lowest BCUT2D eigenvalue weighted by Gasteiger charge is -2.13. The summed E-state index contributed by atoms with van der Waals surface area (Å²) in [5.41, 5.74) is -1.12. The largest absolute Gasteiger partial charge is 0.435 e. The van der Waals surface area contributed by atoms with Gasteiger partial charge in [-0.3, -0.25) is 14.2 Å². The minimum absolute atomic E-state index is 0.0303. The predicted octanol–water partition coefficient (Wildman–Crippen LogP) is 4.67. The average Bonchev–Trinajstić information content (AvgIpc) is 3.26. The molecule has 1 N–H and O–H groups in total. The van der Waals surface area contributed by atoms with Crippen molar-refractivity contribution in [3.05, 3.63) is 65.2 Å². The lowest BCUT2D eigenvalue weighted by atomic mass is 10.1. The number of aryl methyl sites for hydroxylation is 1. The van der Waals surface area contributed by atoms with E-state index in [1.807, 2.05) is 0 Å². The molecule has 0 aliphatic carbocycles. The quantitative estimate of drug-likeness (QED) is 0.581. The molecule has 0 spiro atoms. The normalized spacial score (nSPS) is 13.3. The molecule has 0 aliphatic rings. The zero-order valence-electron chi connectivity index (χ0n) is 16.3. The van der Waals surface area contributed by atoms with Crippen molar-refractivity contribution in [2.45, 2.75) is 38.8 Å². The minimum Gasteiger partial charge on any atom is -0.322 e. The van der Waals surface area contributed by atoms with E-state index in [-0.39, 0.29) is 17.9 Å². The highest BCUT2D eigenvalue weighted by Crippen LogP contribution is 2.30. The molecule has 3 aromatic rings. The summed E-state index contributed by atoms with van der Waals surface area (Å²) in [4.78, 5) is 12.4. The van der Waals surface area contributed by atoms with Crippen LogP contribution in [0.3, 0.4) is 0 Å². The number of alkyl halides is 6. The van der Waals surface area contributed by atoms with Crippen LogP contribution >= 0.6 is 0 Å². The van der Waals surface area contributed by atoms with Crippen LogP contribution in [0.5, 0.6) is 0 Å². The first-order valence-corrected chi connectivity index (χ1v) is 8.97. The van der Waals surface area contributed by atoms with Crippen molar-refractivity contribution in [2.24, 2.45) is 0 Å². The Morgan fingerprint density at radius 1 is 1.13 bits per heavy atom. The Morgan fingerprint density at radius 3 is 2.45 bits per heavy atom. The van der Waals surface area contributed by atoms with Gasteiger partial charge in [-0.25, -0.2) is 0 Å². The van der Waals surface area contributed by atoms with E-state index in [2.05, 4.69) is 15.5 Å². The molecule has 2 aromatic heterocycles. The average molecular weight is 445 g/mol. The summed E-state index contributed by atoms with van der Waals surface area (Å²) >= 11 is 0. The van der Waals surface area contributed by atoms with E-state index in [0.717, 1.165) is 22.9 Å². The van der Waals surface area contributed by atoms with Crippen molar-refractivity contribution in [3.63, 3.8) is 0 Å². The lowest BCUT2D eigenvalue weighted by Crippen LogP contribution is -2.25. The number of hydrogen-bond donors (Lipinski definition) is 1.